The third-order valence-electron chi connectivity index (χ3n) is 4.20. The van der Waals surface area contributed by atoms with E-state index in [2.05, 4.69) is 4.98 Å². The van der Waals surface area contributed by atoms with Crippen LogP contribution in [0.3, 0.4) is 0 Å². The maximum absolute atomic E-state index is 13.2. The zero-order valence-electron chi connectivity index (χ0n) is 13.9. The highest BCUT2D eigenvalue weighted by Gasteiger charge is 2.29. The number of nitrogens with zero attached hydrogens (tertiary/aromatic N) is 2. The summed E-state index contributed by atoms with van der Waals surface area (Å²) in [6, 6.07) is 15.6. The molecule has 134 valence electrons. The van der Waals surface area contributed by atoms with E-state index in [0.717, 1.165) is 20.1 Å². The number of thioether (sulfide) groups is 1. The van der Waals surface area contributed by atoms with Crippen molar-refractivity contribution in [1.29, 1.82) is 0 Å². The summed E-state index contributed by atoms with van der Waals surface area (Å²) < 4.78 is 7.33. The molecule has 0 bridgehead atoms. The van der Waals surface area contributed by atoms with Gasteiger partial charge in [0.15, 0.2) is 4.34 Å². The van der Waals surface area contributed by atoms with Crippen molar-refractivity contribution in [2.24, 2.45) is 0 Å². The number of morpholine rings is 1. The van der Waals surface area contributed by atoms with Gasteiger partial charge in [-0.15, -0.1) is 11.3 Å². The summed E-state index contributed by atoms with van der Waals surface area (Å²) in [6.07, 6.45) is 0. The fourth-order valence-corrected chi connectivity index (χ4v) is 5.36. The van der Waals surface area contributed by atoms with Crippen molar-refractivity contribution in [2.45, 2.75) is 9.59 Å². The number of aromatic nitrogens is 1. The van der Waals surface area contributed by atoms with Gasteiger partial charge in [0.05, 0.1) is 23.4 Å². The van der Waals surface area contributed by atoms with Crippen molar-refractivity contribution >= 4 is 50.8 Å². The Morgan fingerprint density at radius 2 is 1.96 bits per heavy atom. The molecule has 0 unspecified atom stereocenters. The molecule has 0 N–H and O–H groups in total. The van der Waals surface area contributed by atoms with Gasteiger partial charge in [-0.05, 0) is 23.8 Å². The van der Waals surface area contributed by atoms with Crippen LogP contribution in [-0.4, -0.2) is 42.1 Å². The molecular weight excluding hydrogens is 388 g/mol. The number of carbonyl (C=O) groups excluding carboxylic acids is 1. The van der Waals surface area contributed by atoms with E-state index in [0.29, 0.717) is 31.3 Å². The third kappa shape index (κ3) is 3.88. The molecule has 3 aromatic rings. The van der Waals surface area contributed by atoms with Gasteiger partial charge in [0.1, 0.15) is 5.25 Å². The van der Waals surface area contributed by atoms with Crippen molar-refractivity contribution in [1.82, 2.24) is 9.88 Å². The number of fused-ring (bicyclic) bond motifs is 1. The predicted molar refractivity (Wildman–Crippen MR) is 107 cm³/mol. The molecule has 2 heterocycles. The largest absolute Gasteiger partial charge is 0.378 e. The molecule has 0 saturated carbocycles. The second-order valence-corrected chi connectivity index (χ2v) is 8.76. The minimum Gasteiger partial charge on any atom is -0.378 e. The molecule has 0 spiro atoms. The second-order valence-electron chi connectivity index (χ2n) is 5.94. The standard InChI is InChI=1S/C19H17ClN2O2S2/c20-14-6-7-16-15(12-14)21-19(25-16)26-17(13-4-2-1-3-5-13)18(23)22-8-10-24-11-9-22/h1-7,12,17H,8-11H2/t17-/m1/s1. The Labute approximate surface area is 165 Å². The van der Waals surface area contributed by atoms with E-state index in [1.54, 1.807) is 11.3 Å². The summed E-state index contributed by atoms with van der Waals surface area (Å²) in [6.45, 7) is 2.46. The minimum absolute atomic E-state index is 0.113. The Morgan fingerprint density at radius 1 is 1.19 bits per heavy atom. The van der Waals surface area contributed by atoms with E-state index in [4.69, 9.17) is 16.3 Å². The number of thiazole rings is 1. The van der Waals surface area contributed by atoms with Gasteiger partial charge in [0, 0.05) is 18.1 Å². The van der Waals surface area contributed by atoms with Gasteiger partial charge in [-0.1, -0.05) is 53.7 Å². The summed E-state index contributed by atoms with van der Waals surface area (Å²) in [7, 11) is 0. The molecule has 1 fully saturated rings. The number of hydrogen-bond donors (Lipinski definition) is 0. The summed E-state index contributed by atoms with van der Waals surface area (Å²) in [5.41, 5.74) is 1.86. The lowest BCUT2D eigenvalue weighted by Crippen LogP contribution is -2.42. The molecule has 2 aromatic carbocycles. The van der Waals surface area contributed by atoms with Crippen LogP contribution in [0.4, 0.5) is 0 Å². The molecule has 1 aromatic heterocycles. The van der Waals surface area contributed by atoms with Crippen LogP contribution in [0.5, 0.6) is 0 Å². The van der Waals surface area contributed by atoms with Crippen molar-refractivity contribution in [2.75, 3.05) is 26.3 Å². The number of hydrogen-bond acceptors (Lipinski definition) is 5. The van der Waals surface area contributed by atoms with Crippen molar-refractivity contribution in [3.8, 4) is 0 Å². The van der Waals surface area contributed by atoms with Crippen molar-refractivity contribution < 1.29 is 9.53 Å². The molecule has 4 nitrogen and oxygen atoms in total. The summed E-state index contributed by atoms with van der Waals surface area (Å²) in [4.78, 5) is 19.7. The van der Waals surface area contributed by atoms with E-state index in [9.17, 15) is 4.79 Å². The molecule has 26 heavy (non-hydrogen) atoms. The fraction of sp³-hybridized carbons (Fsp3) is 0.263. The first-order valence-electron chi connectivity index (χ1n) is 8.35. The van der Waals surface area contributed by atoms with Crippen molar-refractivity contribution in [3.05, 3.63) is 59.1 Å². The number of carbonyl (C=O) groups is 1. The summed E-state index contributed by atoms with van der Waals surface area (Å²) in [5, 5.41) is 0.355. The molecule has 0 radical (unpaired) electrons. The Bertz CT molecular complexity index is 910. The number of halogens is 1. The Balaban J connectivity index is 1.64. The van der Waals surface area contributed by atoms with Gasteiger partial charge >= 0.3 is 0 Å². The molecule has 1 saturated heterocycles. The Kier molecular flexibility index (Phi) is 5.45. The van der Waals surface area contributed by atoms with Gasteiger partial charge < -0.3 is 9.64 Å². The number of ether oxygens (including phenoxy) is 1. The van der Waals surface area contributed by atoms with E-state index in [-0.39, 0.29) is 11.2 Å². The van der Waals surface area contributed by atoms with Crippen LogP contribution >= 0.6 is 34.7 Å². The fourth-order valence-electron chi connectivity index (χ4n) is 2.87. The van der Waals surface area contributed by atoms with Crippen LogP contribution in [-0.2, 0) is 9.53 Å². The monoisotopic (exact) mass is 404 g/mol. The molecule has 1 amide bonds. The third-order valence-corrected chi connectivity index (χ3v) is 6.81. The number of benzene rings is 2. The second kappa shape index (κ2) is 7.96. The van der Waals surface area contributed by atoms with Gasteiger partial charge in [0.25, 0.3) is 0 Å². The number of amides is 1. The maximum atomic E-state index is 13.2. The highest BCUT2D eigenvalue weighted by molar-refractivity contribution is 8.02. The molecule has 1 aliphatic heterocycles. The van der Waals surface area contributed by atoms with Crippen molar-refractivity contribution in [3.63, 3.8) is 0 Å². The normalized spacial score (nSPS) is 16.0. The highest BCUT2D eigenvalue weighted by atomic mass is 35.5. The first kappa shape index (κ1) is 17.8. The molecule has 1 atom stereocenters. The summed E-state index contributed by atoms with van der Waals surface area (Å²) >= 11 is 9.17. The average molecular weight is 405 g/mol. The van der Waals surface area contributed by atoms with Gasteiger partial charge in [-0.25, -0.2) is 4.98 Å². The van der Waals surface area contributed by atoms with Gasteiger partial charge in [-0.3, -0.25) is 4.79 Å². The van der Waals surface area contributed by atoms with E-state index in [1.165, 1.54) is 11.8 Å². The molecular formula is C19H17ClN2O2S2. The highest BCUT2D eigenvalue weighted by Crippen LogP contribution is 2.40. The van der Waals surface area contributed by atoms with Gasteiger partial charge in [-0.2, -0.15) is 0 Å². The van der Waals surface area contributed by atoms with E-state index in [1.807, 2.05) is 53.4 Å². The van der Waals surface area contributed by atoms with Crippen LogP contribution in [0, 0.1) is 0 Å². The maximum Gasteiger partial charge on any atom is 0.240 e. The minimum atomic E-state index is -0.315. The zero-order chi connectivity index (χ0) is 17.9. The van der Waals surface area contributed by atoms with Crippen LogP contribution in [0.15, 0.2) is 52.9 Å². The van der Waals surface area contributed by atoms with E-state index < -0.39 is 0 Å². The van der Waals surface area contributed by atoms with Crippen LogP contribution in [0.25, 0.3) is 10.2 Å². The molecule has 7 heteroatoms. The first-order valence-corrected chi connectivity index (χ1v) is 10.4. The molecule has 0 aliphatic carbocycles. The van der Waals surface area contributed by atoms with Crippen LogP contribution in [0.2, 0.25) is 5.02 Å². The average Bonchev–Trinajstić information content (AvgIpc) is 3.08. The lowest BCUT2D eigenvalue weighted by molar-refractivity contribution is -0.134. The predicted octanol–water partition coefficient (Wildman–Crippen LogP) is 4.64. The topological polar surface area (TPSA) is 42.4 Å². The smallest absolute Gasteiger partial charge is 0.240 e. The zero-order valence-corrected chi connectivity index (χ0v) is 16.3. The SMILES string of the molecule is O=C([C@H](Sc1nc2cc(Cl)ccc2s1)c1ccccc1)N1CCOCC1. The Morgan fingerprint density at radius 3 is 2.73 bits per heavy atom. The Hall–Kier alpha value is -1.60. The van der Waals surface area contributed by atoms with Gasteiger partial charge in [0.2, 0.25) is 5.91 Å². The van der Waals surface area contributed by atoms with Crippen LogP contribution < -0.4 is 0 Å². The lowest BCUT2D eigenvalue weighted by Gasteiger charge is -2.30. The number of rotatable bonds is 4. The molecule has 1 aliphatic rings. The van der Waals surface area contributed by atoms with E-state index >= 15 is 0 Å². The quantitative estimate of drug-likeness (QED) is 0.594. The van der Waals surface area contributed by atoms with Crippen LogP contribution in [0.1, 0.15) is 10.8 Å². The molecule has 4 rings (SSSR count). The summed E-state index contributed by atoms with van der Waals surface area (Å²) in [5.74, 6) is 0.113. The first-order chi connectivity index (χ1) is 12.7. The lowest BCUT2D eigenvalue weighted by atomic mass is 10.1.